The Hall–Kier alpha value is -2.23. The lowest BCUT2D eigenvalue weighted by molar-refractivity contribution is -0.870. The van der Waals surface area contributed by atoms with Gasteiger partial charge in [0.15, 0.2) is 6.10 Å². The Labute approximate surface area is 503 Å². The number of carboxylic acids is 1. The fraction of sp³-hybridized carbons (Fsp3) is 0.903. The maximum atomic E-state index is 12.9. The van der Waals surface area contributed by atoms with Crippen molar-refractivity contribution in [3.63, 3.8) is 0 Å². The number of likely N-dealkylation sites (N-methyl/N-ethyl adjacent to an activating group) is 1. The lowest BCUT2D eigenvalue weighted by atomic mass is 10.0. The lowest BCUT2D eigenvalue weighted by Gasteiger charge is -2.25. The van der Waals surface area contributed by atoms with Crippen LogP contribution in [0, 0.1) is 0 Å². The summed E-state index contributed by atoms with van der Waals surface area (Å²) in [5.74, 6) is -1.99. The van der Waals surface area contributed by atoms with Gasteiger partial charge in [-0.2, -0.15) is 0 Å². The summed E-state index contributed by atoms with van der Waals surface area (Å²) in [6.07, 6.45) is 76.1. The highest BCUT2D eigenvalue weighted by Gasteiger charge is 2.25. The van der Waals surface area contributed by atoms with Gasteiger partial charge >= 0.3 is 17.9 Å². The second-order valence-electron chi connectivity index (χ2n) is 25.5. The molecular formula is C72H138NO8+. The Morgan fingerprint density at radius 3 is 0.914 bits per heavy atom. The maximum Gasteiger partial charge on any atom is 0.361 e. The lowest BCUT2D eigenvalue weighted by Crippen LogP contribution is -2.40. The summed E-state index contributed by atoms with van der Waals surface area (Å²) < 4.78 is 22.9. The third kappa shape index (κ3) is 65.2. The number of quaternary nitrogens is 1. The number of rotatable bonds is 67. The van der Waals surface area contributed by atoms with E-state index in [1.54, 1.807) is 0 Å². The van der Waals surface area contributed by atoms with E-state index in [1.807, 2.05) is 21.1 Å². The summed E-state index contributed by atoms with van der Waals surface area (Å²) in [6, 6.07) is 0. The molecule has 0 radical (unpaired) electrons. The Balaban J connectivity index is 3.88. The van der Waals surface area contributed by atoms with E-state index in [4.69, 9.17) is 18.9 Å². The molecule has 9 nitrogen and oxygen atoms in total. The third-order valence-electron chi connectivity index (χ3n) is 16.2. The van der Waals surface area contributed by atoms with Crippen LogP contribution in [0.4, 0.5) is 0 Å². The van der Waals surface area contributed by atoms with E-state index in [-0.39, 0.29) is 38.2 Å². The molecule has 0 aliphatic heterocycles. The number of aliphatic carboxylic acids is 1. The minimum absolute atomic E-state index is 0.181. The highest BCUT2D eigenvalue weighted by atomic mass is 16.7. The predicted molar refractivity (Wildman–Crippen MR) is 346 cm³/mol. The number of unbranched alkanes of at least 4 members (excludes halogenated alkanes) is 48. The highest BCUT2D eigenvalue weighted by molar-refractivity contribution is 5.71. The number of esters is 2. The fourth-order valence-electron chi connectivity index (χ4n) is 10.7. The summed E-state index contributed by atoms with van der Waals surface area (Å²) in [4.78, 5) is 37.5. The molecule has 0 aromatic heterocycles. The molecule has 0 spiro atoms. The van der Waals surface area contributed by atoms with Gasteiger partial charge in [0.25, 0.3) is 6.29 Å². The van der Waals surface area contributed by atoms with Crippen molar-refractivity contribution < 1.29 is 42.9 Å². The molecule has 0 aliphatic rings. The summed E-state index contributed by atoms with van der Waals surface area (Å²) in [5.41, 5.74) is 0. The first-order valence-corrected chi connectivity index (χ1v) is 35.5. The van der Waals surface area contributed by atoms with Crippen LogP contribution in [0.25, 0.3) is 0 Å². The Morgan fingerprint density at radius 1 is 0.358 bits per heavy atom. The van der Waals surface area contributed by atoms with Gasteiger partial charge in [-0.3, -0.25) is 9.59 Å². The van der Waals surface area contributed by atoms with Gasteiger partial charge in [0, 0.05) is 12.8 Å². The van der Waals surface area contributed by atoms with Gasteiger partial charge < -0.3 is 28.5 Å². The van der Waals surface area contributed by atoms with Crippen LogP contribution < -0.4 is 0 Å². The van der Waals surface area contributed by atoms with Crippen molar-refractivity contribution in [1.29, 1.82) is 0 Å². The Morgan fingerprint density at radius 2 is 0.630 bits per heavy atom. The van der Waals surface area contributed by atoms with Crippen molar-refractivity contribution >= 4 is 17.9 Å². The SMILES string of the molecule is CCCCCCCC/C=C\CCCCCCCC(=O)OCC(COC(OCC[N+](C)(C)C)C(=O)O)OC(=O)CCCCCCCCCCCCCCCCCCCCCCCCCCCCCCC/C=C\CCCCCCCCCC. The minimum Gasteiger partial charge on any atom is -0.477 e. The average Bonchev–Trinajstić information content (AvgIpc) is 3.44. The zero-order valence-electron chi connectivity index (χ0n) is 54.7. The zero-order chi connectivity index (χ0) is 59.1. The van der Waals surface area contributed by atoms with Gasteiger partial charge in [0.2, 0.25) is 0 Å². The molecule has 0 bridgehead atoms. The molecule has 81 heavy (non-hydrogen) atoms. The molecule has 0 saturated heterocycles. The zero-order valence-corrected chi connectivity index (χ0v) is 54.7. The molecule has 0 rings (SSSR count). The van der Waals surface area contributed by atoms with Crippen molar-refractivity contribution in [2.45, 2.75) is 373 Å². The summed E-state index contributed by atoms with van der Waals surface area (Å²) in [6.45, 7) is 4.92. The molecule has 478 valence electrons. The van der Waals surface area contributed by atoms with Gasteiger partial charge in [0.1, 0.15) is 13.2 Å². The number of nitrogens with zero attached hydrogens (tertiary/aromatic N) is 1. The number of allylic oxidation sites excluding steroid dienone is 4. The van der Waals surface area contributed by atoms with Crippen LogP contribution in [-0.2, 0) is 33.3 Å². The Bertz CT molecular complexity index is 1380. The van der Waals surface area contributed by atoms with E-state index >= 15 is 0 Å². The second-order valence-corrected chi connectivity index (χ2v) is 25.5. The van der Waals surface area contributed by atoms with Crippen LogP contribution in [0.2, 0.25) is 0 Å². The summed E-state index contributed by atoms with van der Waals surface area (Å²) in [7, 11) is 5.98. The maximum absolute atomic E-state index is 12.9. The molecule has 0 aromatic rings. The quantitative estimate of drug-likeness (QED) is 0.0211. The van der Waals surface area contributed by atoms with E-state index in [9.17, 15) is 19.5 Å². The van der Waals surface area contributed by atoms with E-state index in [0.29, 0.717) is 17.4 Å². The van der Waals surface area contributed by atoms with Gasteiger partial charge in [-0.05, 0) is 64.2 Å². The molecule has 2 atom stereocenters. The van der Waals surface area contributed by atoms with Crippen molar-refractivity contribution in [3.8, 4) is 0 Å². The van der Waals surface area contributed by atoms with E-state index < -0.39 is 18.4 Å². The molecule has 0 aliphatic carbocycles. The number of carboxylic acid groups (broad SMARTS) is 1. The van der Waals surface area contributed by atoms with Crippen molar-refractivity contribution in [3.05, 3.63) is 24.3 Å². The molecule has 0 amide bonds. The van der Waals surface area contributed by atoms with Crippen LogP contribution in [-0.4, -0.2) is 87.4 Å². The predicted octanol–water partition coefficient (Wildman–Crippen LogP) is 21.8. The molecule has 1 N–H and O–H groups in total. The molecule has 2 unspecified atom stereocenters. The van der Waals surface area contributed by atoms with Gasteiger partial charge in [-0.15, -0.1) is 0 Å². The summed E-state index contributed by atoms with van der Waals surface area (Å²) >= 11 is 0. The van der Waals surface area contributed by atoms with Crippen molar-refractivity contribution in [2.75, 3.05) is 47.5 Å². The molecule has 9 heteroatoms. The first-order chi connectivity index (χ1) is 39.6. The van der Waals surface area contributed by atoms with E-state index in [0.717, 1.165) is 51.4 Å². The number of hydrogen-bond donors (Lipinski definition) is 1. The third-order valence-corrected chi connectivity index (χ3v) is 16.2. The van der Waals surface area contributed by atoms with Crippen LogP contribution in [0.1, 0.15) is 361 Å². The second kappa shape index (κ2) is 63.8. The molecular weight excluding hydrogens is 1010 g/mol. The molecule has 0 fully saturated rings. The van der Waals surface area contributed by atoms with Crippen molar-refractivity contribution in [2.24, 2.45) is 0 Å². The average molecular weight is 1150 g/mol. The molecule has 0 saturated carbocycles. The smallest absolute Gasteiger partial charge is 0.361 e. The number of hydrogen-bond acceptors (Lipinski definition) is 7. The van der Waals surface area contributed by atoms with Crippen molar-refractivity contribution in [1.82, 2.24) is 0 Å². The first-order valence-electron chi connectivity index (χ1n) is 35.5. The van der Waals surface area contributed by atoms with Gasteiger partial charge in [0.05, 0.1) is 34.4 Å². The van der Waals surface area contributed by atoms with Crippen LogP contribution in [0.3, 0.4) is 0 Å². The topological polar surface area (TPSA) is 108 Å². The van der Waals surface area contributed by atoms with Gasteiger partial charge in [-0.1, -0.05) is 308 Å². The number of carbonyl (C=O) groups is 3. The van der Waals surface area contributed by atoms with E-state index in [1.165, 1.54) is 283 Å². The largest absolute Gasteiger partial charge is 0.477 e. The first kappa shape index (κ1) is 78.8. The monoisotopic (exact) mass is 1150 g/mol. The van der Waals surface area contributed by atoms with Crippen LogP contribution in [0.15, 0.2) is 24.3 Å². The normalized spacial score (nSPS) is 12.8. The van der Waals surface area contributed by atoms with Gasteiger partial charge in [-0.25, -0.2) is 4.79 Å². The summed E-state index contributed by atoms with van der Waals surface area (Å²) in [5, 5.41) is 9.72. The number of carbonyl (C=O) groups excluding carboxylic acids is 2. The molecule has 0 heterocycles. The van der Waals surface area contributed by atoms with E-state index in [2.05, 4.69) is 38.2 Å². The Kier molecular flexibility index (Phi) is 62.0. The fourth-order valence-corrected chi connectivity index (χ4v) is 10.7. The van der Waals surface area contributed by atoms with Crippen LogP contribution >= 0.6 is 0 Å². The highest BCUT2D eigenvalue weighted by Crippen LogP contribution is 2.19. The minimum atomic E-state index is -1.51. The molecule has 0 aromatic carbocycles. The standard InChI is InChI=1S/C72H137NO8/c1-6-8-10-12-14-16-18-20-22-23-24-25-26-27-28-29-30-31-32-33-34-35-36-37-38-39-40-41-42-43-44-45-46-47-49-51-53-55-57-59-61-63-70(75)81-68(67-80-72(71(76)77)78-65-64-73(3,4)5)66-79-69(74)62-60-58-56-54-52-50-48-21-19-17-15-13-11-9-7-2/h21,23-24,48,68,72H,6-20,22,25-47,49-67H2,1-5H3/p+1/b24-23-,48-21-. The number of ether oxygens (including phenoxy) is 4. The van der Waals surface area contributed by atoms with Crippen LogP contribution in [0.5, 0.6) is 0 Å².